The molecule has 1 amide bonds. The van der Waals surface area contributed by atoms with Crippen molar-refractivity contribution in [3.63, 3.8) is 0 Å². The lowest BCUT2D eigenvalue weighted by Gasteiger charge is -2.11. The van der Waals surface area contributed by atoms with E-state index in [9.17, 15) is 4.79 Å². The van der Waals surface area contributed by atoms with Crippen molar-refractivity contribution in [1.82, 2.24) is 15.0 Å². The van der Waals surface area contributed by atoms with Crippen molar-refractivity contribution in [2.75, 3.05) is 11.9 Å². The summed E-state index contributed by atoms with van der Waals surface area (Å²) in [5.74, 6) is 1.45. The number of nitrogens with zero attached hydrogens (tertiary/aromatic N) is 3. The first-order chi connectivity index (χ1) is 15.7. The molecule has 32 heavy (non-hydrogen) atoms. The van der Waals surface area contributed by atoms with Gasteiger partial charge in [-0.05, 0) is 48.9 Å². The second-order valence-corrected chi connectivity index (χ2v) is 7.65. The summed E-state index contributed by atoms with van der Waals surface area (Å²) in [6, 6.07) is 15.0. The van der Waals surface area contributed by atoms with E-state index in [1.807, 2.05) is 48.7 Å². The highest BCUT2D eigenvalue weighted by molar-refractivity contribution is 7.13. The zero-order valence-corrected chi connectivity index (χ0v) is 18.3. The van der Waals surface area contributed by atoms with Gasteiger partial charge in [-0.15, -0.1) is 11.3 Å². The summed E-state index contributed by atoms with van der Waals surface area (Å²) in [6.07, 6.45) is 5.16. The van der Waals surface area contributed by atoms with Crippen LogP contribution in [0.3, 0.4) is 0 Å². The minimum Gasteiger partial charge on any atom is -0.493 e. The van der Waals surface area contributed by atoms with Crippen molar-refractivity contribution < 1.29 is 14.3 Å². The molecule has 1 N–H and O–H groups in total. The number of anilines is 1. The van der Waals surface area contributed by atoms with Gasteiger partial charge in [0.2, 0.25) is 5.91 Å². The number of rotatable bonds is 9. The maximum atomic E-state index is 12.6. The number of amides is 1. The van der Waals surface area contributed by atoms with Gasteiger partial charge in [0.05, 0.1) is 24.3 Å². The van der Waals surface area contributed by atoms with E-state index in [4.69, 9.17) is 9.47 Å². The Labute approximate surface area is 190 Å². The van der Waals surface area contributed by atoms with E-state index in [2.05, 4.69) is 20.3 Å². The normalized spacial score (nSPS) is 10.5. The van der Waals surface area contributed by atoms with Gasteiger partial charge < -0.3 is 14.8 Å². The molecule has 0 aliphatic rings. The average Bonchev–Trinajstić information content (AvgIpc) is 3.28. The molecular formula is C24H22N4O3S. The van der Waals surface area contributed by atoms with Crippen LogP contribution in [-0.2, 0) is 17.8 Å². The molecule has 0 unspecified atom stereocenters. The van der Waals surface area contributed by atoms with Gasteiger partial charge in [-0.1, -0.05) is 12.1 Å². The maximum absolute atomic E-state index is 12.6. The molecule has 7 nitrogen and oxygen atoms in total. The molecule has 162 valence electrons. The highest BCUT2D eigenvalue weighted by atomic mass is 32.1. The predicted molar refractivity (Wildman–Crippen MR) is 124 cm³/mol. The Balaban J connectivity index is 1.41. The van der Waals surface area contributed by atoms with Gasteiger partial charge in [0.1, 0.15) is 17.4 Å². The van der Waals surface area contributed by atoms with Crippen LogP contribution in [0, 0.1) is 0 Å². The van der Waals surface area contributed by atoms with Crippen LogP contribution in [0.1, 0.15) is 18.2 Å². The molecule has 0 spiro atoms. The standard InChI is InChI=1S/C24H22N4O3S/c1-2-30-20-7-4-3-6-19(20)24-27-18(16-32-24)14-22(29)28-23-21(8-5-11-26-23)31-15-17-9-12-25-13-10-17/h3-13,16H,2,14-15H2,1H3,(H,26,28,29). The van der Waals surface area contributed by atoms with E-state index >= 15 is 0 Å². The first kappa shape index (κ1) is 21.5. The van der Waals surface area contributed by atoms with E-state index in [1.54, 1.807) is 30.7 Å². The molecule has 4 aromatic rings. The number of ether oxygens (including phenoxy) is 2. The van der Waals surface area contributed by atoms with Gasteiger partial charge in [0, 0.05) is 24.0 Å². The summed E-state index contributed by atoms with van der Waals surface area (Å²) in [4.78, 5) is 25.5. The van der Waals surface area contributed by atoms with Crippen LogP contribution in [0.25, 0.3) is 10.6 Å². The van der Waals surface area contributed by atoms with Gasteiger partial charge >= 0.3 is 0 Å². The Bertz CT molecular complexity index is 1180. The second kappa shape index (κ2) is 10.5. The fraction of sp³-hybridized carbons (Fsp3) is 0.167. The first-order valence-corrected chi connectivity index (χ1v) is 11.0. The van der Waals surface area contributed by atoms with Crippen LogP contribution in [0.15, 0.2) is 72.5 Å². The van der Waals surface area contributed by atoms with Crippen molar-refractivity contribution in [2.24, 2.45) is 0 Å². The van der Waals surface area contributed by atoms with Crippen molar-refractivity contribution >= 4 is 23.1 Å². The zero-order chi connectivity index (χ0) is 22.2. The van der Waals surface area contributed by atoms with Crippen LogP contribution in [0.5, 0.6) is 11.5 Å². The van der Waals surface area contributed by atoms with E-state index < -0.39 is 0 Å². The van der Waals surface area contributed by atoms with E-state index in [1.165, 1.54) is 11.3 Å². The molecule has 1 aromatic carbocycles. The number of para-hydroxylation sites is 1. The summed E-state index contributed by atoms with van der Waals surface area (Å²) < 4.78 is 11.5. The lowest BCUT2D eigenvalue weighted by Crippen LogP contribution is -2.16. The SMILES string of the molecule is CCOc1ccccc1-c1nc(CC(=O)Nc2ncccc2OCc2ccncc2)cs1. The zero-order valence-electron chi connectivity index (χ0n) is 17.5. The number of thiazole rings is 1. The molecule has 0 atom stereocenters. The van der Waals surface area contributed by atoms with Crippen molar-refractivity contribution in [1.29, 1.82) is 0 Å². The fourth-order valence-electron chi connectivity index (χ4n) is 3.02. The van der Waals surface area contributed by atoms with Crippen molar-refractivity contribution in [2.45, 2.75) is 20.0 Å². The topological polar surface area (TPSA) is 86.2 Å². The van der Waals surface area contributed by atoms with Gasteiger partial charge in [-0.2, -0.15) is 0 Å². The number of nitrogens with one attached hydrogen (secondary N) is 1. The summed E-state index contributed by atoms with van der Waals surface area (Å²) >= 11 is 1.48. The summed E-state index contributed by atoms with van der Waals surface area (Å²) in [7, 11) is 0. The third kappa shape index (κ3) is 5.47. The molecule has 0 fully saturated rings. The molecule has 3 heterocycles. The Morgan fingerprint density at radius 1 is 1.00 bits per heavy atom. The number of pyridine rings is 2. The van der Waals surface area contributed by atoms with Gasteiger partial charge in [-0.25, -0.2) is 9.97 Å². The minimum absolute atomic E-state index is 0.133. The Morgan fingerprint density at radius 3 is 2.66 bits per heavy atom. The van der Waals surface area contributed by atoms with E-state index in [-0.39, 0.29) is 12.3 Å². The third-order valence-corrected chi connectivity index (χ3v) is 5.41. The molecule has 0 radical (unpaired) electrons. The molecule has 0 saturated heterocycles. The molecule has 0 aliphatic carbocycles. The number of benzene rings is 1. The van der Waals surface area contributed by atoms with E-state index in [0.29, 0.717) is 30.5 Å². The number of carbonyl (C=O) groups is 1. The number of carbonyl (C=O) groups excluding carboxylic acids is 1. The molecule has 0 bridgehead atoms. The van der Waals surface area contributed by atoms with Crippen LogP contribution in [-0.4, -0.2) is 27.5 Å². The fourth-order valence-corrected chi connectivity index (χ4v) is 3.87. The number of hydrogen-bond donors (Lipinski definition) is 1. The molecule has 8 heteroatoms. The maximum Gasteiger partial charge on any atom is 0.231 e. The Morgan fingerprint density at radius 2 is 1.81 bits per heavy atom. The van der Waals surface area contributed by atoms with Crippen molar-refractivity contribution in [3.8, 4) is 22.1 Å². The predicted octanol–water partition coefficient (Wildman–Crippen LogP) is 4.76. The van der Waals surface area contributed by atoms with Crippen LogP contribution in [0.4, 0.5) is 5.82 Å². The largest absolute Gasteiger partial charge is 0.493 e. The number of hydrogen-bond acceptors (Lipinski definition) is 7. The molecule has 3 aromatic heterocycles. The molecule has 0 saturated carbocycles. The summed E-state index contributed by atoms with van der Waals surface area (Å²) in [5.41, 5.74) is 2.58. The van der Waals surface area contributed by atoms with Gasteiger partial charge in [0.15, 0.2) is 11.6 Å². The Hall–Kier alpha value is -3.78. The molecular weight excluding hydrogens is 424 g/mol. The van der Waals surface area contributed by atoms with E-state index in [0.717, 1.165) is 21.9 Å². The van der Waals surface area contributed by atoms with Crippen molar-refractivity contribution in [3.05, 3.63) is 83.8 Å². The smallest absolute Gasteiger partial charge is 0.231 e. The second-order valence-electron chi connectivity index (χ2n) is 6.79. The summed E-state index contributed by atoms with van der Waals surface area (Å²) in [6.45, 7) is 2.88. The number of aromatic nitrogens is 3. The molecule has 0 aliphatic heterocycles. The van der Waals surface area contributed by atoms with Crippen LogP contribution >= 0.6 is 11.3 Å². The quantitative estimate of drug-likeness (QED) is 0.399. The Kier molecular flexibility index (Phi) is 7.04. The van der Waals surface area contributed by atoms with Crippen LogP contribution < -0.4 is 14.8 Å². The highest BCUT2D eigenvalue weighted by Gasteiger charge is 2.14. The van der Waals surface area contributed by atoms with Crippen LogP contribution in [0.2, 0.25) is 0 Å². The van der Waals surface area contributed by atoms with Gasteiger partial charge in [0.25, 0.3) is 0 Å². The minimum atomic E-state index is -0.215. The highest BCUT2D eigenvalue weighted by Crippen LogP contribution is 2.32. The first-order valence-electron chi connectivity index (χ1n) is 10.2. The lowest BCUT2D eigenvalue weighted by molar-refractivity contribution is -0.115. The third-order valence-electron chi connectivity index (χ3n) is 4.48. The average molecular weight is 447 g/mol. The monoisotopic (exact) mass is 446 g/mol. The molecule has 4 rings (SSSR count). The lowest BCUT2D eigenvalue weighted by atomic mass is 10.2. The summed E-state index contributed by atoms with van der Waals surface area (Å²) in [5, 5.41) is 5.53. The van der Waals surface area contributed by atoms with Gasteiger partial charge in [-0.3, -0.25) is 9.78 Å².